The molecule has 2 heteroatoms. The minimum atomic E-state index is 0.0972. The molecule has 0 aromatic rings. The van der Waals surface area contributed by atoms with E-state index in [9.17, 15) is 0 Å². The Morgan fingerprint density at radius 3 is 2.57 bits per heavy atom. The Balaban J connectivity index is 2.48. The lowest BCUT2D eigenvalue weighted by atomic mass is 10.2. The third kappa shape index (κ3) is 0.800. The molecule has 0 aromatic carbocycles. The van der Waals surface area contributed by atoms with Crippen LogP contribution in [-0.4, -0.2) is 11.8 Å². The summed E-state index contributed by atoms with van der Waals surface area (Å²) in [5.41, 5.74) is 6.19. The third-order valence-electron chi connectivity index (χ3n) is 1.41. The molecule has 2 nitrogen and oxygen atoms in total. The lowest BCUT2D eigenvalue weighted by Gasteiger charge is -1.96. The van der Waals surface area contributed by atoms with Crippen molar-refractivity contribution in [2.24, 2.45) is 5.73 Å². The van der Waals surface area contributed by atoms with Crippen molar-refractivity contribution in [2.45, 2.75) is 25.3 Å². The molecule has 3 N–H and O–H groups in total. The third-order valence-corrected chi connectivity index (χ3v) is 1.41. The fourth-order valence-corrected chi connectivity index (χ4v) is 0.872. The number of hydrogen-bond donors (Lipinski definition) is 2. The molecule has 1 aliphatic rings. The van der Waals surface area contributed by atoms with E-state index in [2.05, 4.69) is 0 Å². The van der Waals surface area contributed by atoms with E-state index < -0.39 is 0 Å². The quantitative estimate of drug-likeness (QED) is 0.456. The van der Waals surface area contributed by atoms with Crippen LogP contribution in [0.15, 0.2) is 0 Å². The summed E-state index contributed by atoms with van der Waals surface area (Å²) >= 11 is 0. The molecule has 1 fully saturated rings. The van der Waals surface area contributed by atoms with Gasteiger partial charge >= 0.3 is 0 Å². The summed E-state index contributed by atoms with van der Waals surface area (Å²) in [6.45, 7) is 0. The summed E-state index contributed by atoms with van der Waals surface area (Å²) in [7, 11) is 0. The second kappa shape index (κ2) is 1.62. The van der Waals surface area contributed by atoms with Crippen LogP contribution < -0.4 is 5.73 Å². The SMILES string of the molecule is N=C1CCC[C@@H]1N. The molecule has 0 saturated heterocycles. The van der Waals surface area contributed by atoms with E-state index in [4.69, 9.17) is 11.1 Å². The first-order valence-corrected chi connectivity index (χ1v) is 2.63. The van der Waals surface area contributed by atoms with Crippen molar-refractivity contribution in [3.63, 3.8) is 0 Å². The first-order chi connectivity index (χ1) is 3.30. The lowest BCUT2D eigenvalue weighted by molar-refractivity contribution is 0.790. The topological polar surface area (TPSA) is 49.9 Å². The van der Waals surface area contributed by atoms with Crippen molar-refractivity contribution in [1.29, 1.82) is 5.41 Å². The summed E-state index contributed by atoms with van der Waals surface area (Å²) in [4.78, 5) is 0. The summed E-state index contributed by atoms with van der Waals surface area (Å²) in [5.74, 6) is 0. The highest BCUT2D eigenvalue weighted by molar-refractivity contribution is 5.88. The van der Waals surface area contributed by atoms with Crippen LogP contribution in [0.2, 0.25) is 0 Å². The van der Waals surface area contributed by atoms with E-state index >= 15 is 0 Å². The lowest BCUT2D eigenvalue weighted by Crippen LogP contribution is -2.23. The maximum Gasteiger partial charge on any atom is 0.0423 e. The van der Waals surface area contributed by atoms with E-state index in [0.29, 0.717) is 0 Å². The van der Waals surface area contributed by atoms with Crippen molar-refractivity contribution in [1.82, 2.24) is 0 Å². The Kier molecular flexibility index (Phi) is 1.11. The van der Waals surface area contributed by atoms with Gasteiger partial charge in [-0.1, -0.05) is 0 Å². The van der Waals surface area contributed by atoms with Crippen molar-refractivity contribution in [3.8, 4) is 0 Å². The molecule has 0 radical (unpaired) electrons. The molecule has 0 aliphatic heterocycles. The molecule has 1 saturated carbocycles. The Bertz CT molecular complexity index is 88.1. The maximum atomic E-state index is 7.13. The molecule has 1 aliphatic carbocycles. The molecular formula is C5H10N2. The van der Waals surface area contributed by atoms with Gasteiger partial charge in [-0.15, -0.1) is 0 Å². The predicted octanol–water partition coefficient (Wildman–Crippen LogP) is 0.517. The van der Waals surface area contributed by atoms with Crippen molar-refractivity contribution >= 4 is 5.71 Å². The Morgan fingerprint density at radius 2 is 2.43 bits per heavy atom. The van der Waals surface area contributed by atoms with Crippen LogP contribution in [0.25, 0.3) is 0 Å². The molecule has 1 atom stereocenters. The summed E-state index contributed by atoms with van der Waals surface area (Å²) in [6.07, 6.45) is 3.08. The van der Waals surface area contributed by atoms with Crippen molar-refractivity contribution in [2.75, 3.05) is 0 Å². The van der Waals surface area contributed by atoms with Crippen LogP contribution in [0.5, 0.6) is 0 Å². The Morgan fingerprint density at radius 1 is 1.71 bits per heavy atom. The van der Waals surface area contributed by atoms with E-state index in [1.54, 1.807) is 0 Å². The van der Waals surface area contributed by atoms with E-state index in [1.807, 2.05) is 0 Å². The molecule has 0 spiro atoms. The van der Waals surface area contributed by atoms with Gasteiger partial charge in [0.2, 0.25) is 0 Å². The summed E-state index contributed by atoms with van der Waals surface area (Å²) in [5, 5.41) is 7.13. The number of rotatable bonds is 0. The van der Waals surface area contributed by atoms with Gasteiger partial charge in [-0.3, -0.25) is 0 Å². The van der Waals surface area contributed by atoms with Crippen LogP contribution in [0.1, 0.15) is 19.3 Å². The standard InChI is InChI=1S/C5H10N2/c6-4-2-1-3-5(4)7/h4,7H,1-3,6H2/t4-/m0/s1. The summed E-state index contributed by atoms with van der Waals surface area (Å²) in [6, 6.07) is 0.0972. The normalized spacial score (nSPS) is 31.6. The van der Waals surface area contributed by atoms with Crippen molar-refractivity contribution < 1.29 is 0 Å². The number of nitrogens with one attached hydrogen (secondary N) is 1. The molecule has 0 bridgehead atoms. The van der Waals surface area contributed by atoms with E-state index in [1.165, 1.54) is 0 Å². The molecule has 1 rings (SSSR count). The molecule has 40 valence electrons. The minimum absolute atomic E-state index is 0.0972. The first kappa shape index (κ1) is 4.78. The zero-order valence-corrected chi connectivity index (χ0v) is 4.28. The minimum Gasteiger partial charge on any atom is -0.323 e. The predicted molar refractivity (Wildman–Crippen MR) is 29.6 cm³/mol. The van der Waals surface area contributed by atoms with Gasteiger partial charge in [0.05, 0.1) is 0 Å². The molecule has 0 aromatic heterocycles. The van der Waals surface area contributed by atoms with Gasteiger partial charge < -0.3 is 11.1 Å². The Hall–Kier alpha value is -0.370. The highest BCUT2D eigenvalue weighted by atomic mass is 14.7. The highest BCUT2D eigenvalue weighted by Crippen LogP contribution is 2.11. The van der Waals surface area contributed by atoms with E-state index in [-0.39, 0.29) is 6.04 Å². The molecular weight excluding hydrogens is 88.1 g/mol. The summed E-state index contributed by atoms with van der Waals surface area (Å²) < 4.78 is 0. The number of hydrogen-bond acceptors (Lipinski definition) is 2. The van der Waals surface area contributed by atoms with Crippen LogP contribution in [0.3, 0.4) is 0 Å². The van der Waals surface area contributed by atoms with Gasteiger partial charge in [-0.25, -0.2) is 0 Å². The van der Waals surface area contributed by atoms with Crippen LogP contribution >= 0.6 is 0 Å². The van der Waals surface area contributed by atoms with Gasteiger partial charge in [-0.2, -0.15) is 0 Å². The van der Waals surface area contributed by atoms with Gasteiger partial charge in [0.15, 0.2) is 0 Å². The van der Waals surface area contributed by atoms with Crippen LogP contribution in [0.4, 0.5) is 0 Å². The van der Waals surface area contributed by atoms with Crippen LogP contribution in [0, 0.1) is 5.41 Å². The van der Waals surface area contributed by atoms with Crippen LogP contribution in [-0.2, 0) is 0 Å². The monoisotopic (exact) mass is 98.1 g/mol. The zero-order valence-electron chi connectivity index (χ0n) is 4.28. The second-order valence-electron chi connectivity index (χ2n) is 2.02. The average Bonchev–Trinajstić information content (AvgIpc) is 1.91. The first-order valence-electron chi connectivity index (χ1n) is 2.63. The van der Waals surface area contributed by atoms with E-state index in [0.717, 1.165) is 25.0 Å². The fourth-order valence-electron chi connectivity index (χ4n) is 0.872. The molecule has 0 heterocycles. The van der Waals surface area contributed by atoms with Crippen molar-refractivity contribution in [3.05, 3.63) is 0 Å². The highest BCUT2D eigenvalue weighted by Gasteiger charge is 2.15. The van der Waals surface area contributed by atoms with Gasteiger partial charge in [0, 0.05) is 11.8 Å². The fraction of sp³-hybridized carbons (Fsp3) is 0.800. The average molecular weight is 98.1 g/mol. The van der Waals surface area contributed by atoms with Gasteiger partial charge in [0.1, 0.15) is 0 Å². The van der Waals surface area contributed by atoms with Gasteiger partial charge in [-0.05, 0) is 19.3 Å². The van der Waals surface area contributed by atoms with Gasteiger partial charge in [0.25, 0.3) is 0 Å². The molecule has 0 amide bonds. The second-order valence-corrected chi connectivity index (χ2v) is 2.02. The molecule has 0 unspecified atom stereocenters. The Labute approximate surface area is 43.2 Å². The maximum absolute atomic E-state index is 7.13. The molecule has 7 heavy (non-hydrogen) atoms. The zero-order chi connectivity index (χ0) is 5.28. The smallest absolute Gasteiger partial charge is 0.0423 e. The number of nitrogens with two attached hydrogens (primary N) is 1. The largest absolute Gasteiger partial charge is 0.323 e.